The Bertz CT molecular complexity index is 634. The van der Waals surface area contributed by atoms with Crippen molar-refractivity contribution in [3.8, 4) is 5.75 Å². The van der Waals surface area contributed by atoms with Gasteiger partial charge in [-0.05, 0) is 37.0 Å². The van der Waals surface area contributed by atoms with Gasteiger partial charge in [0, 0.05) is 5.92 Å². The van der Waals surface area contributed by atoms with E-state index in [1.807, 2.05) is 0 Å². The molecular weight excluding hydrogens is 272 g/mol. The van der Waals surface area contributed by atoms with E-state index >= 15 is 0 Å². The summed E-state index contributed by atoms with van der Waals surface area (Å²) in [5.41, 5.74) is 6.71. The van der Waals surface area contributed by atoms with E-state index in [2.05, 4.69) is 15.5 Å². The van der Waals surface area contributed by atoms with Gasteiger partial charge in [0.05, 0.1) is 6.04 Å². The number of aromatic nitrogens is 2. The summed E-state index contributed by atoms with van der Waals surface area (Å²) in [4.78, 5) is 12.0. The summed E-state index contributed by atoms with van der Waals surface area (Å²) in [6, 6.07) is 5.91. The van der Waals surface area contributed by atoms with Crippen LogP contribution in [-0.2, 0) is 11.2 Å². The van der Waals surface area contributed by atoms with Gasteiger partial charge >= 0.3 is 6.01 Å². The molecule has 7 nitrogen and oxygen atoms in total. The van der Waals surface area contributed by atoms with E-state index in [1.54, 1.807) is 24.3 Å². The van der Waals surface area contributed by atoms with Crippen LogP contribution in [0.3, 0.4) is 0 Å². The van der Waals surface area contributed by atoms with E-state index in [0.29, 0.717) is 18.2 Å². The van der Waals surface area contributed by atoms with Crippen molar-refractivity contribution in [3.05, 3.63) is 35.7 Å². The van der Waals surface area contributed by atoms with Crippen LogP contribution < -0.4 is 11.1 Å². The Kier molecular flexibility index (Phi) is 3.57. The summed E-state index contributed by atoms with van der Waals surface area (Å²) in [7, 11) is 0. The smallest absolute Gasteiger partial charge is 0.322 e. The highest BCUT2D eigenvalue weighted by atomic mass is 16.4. The molecule has 110 valence electrons. The fourth-order valence-electron chi connectivity index (χ4n) is 1.96. The number of nitrogens with zero attached hydrogens (tertiary/aromatic N) is 2. The van der Waals surface area contributed by atoms with Crippen molar-refractivity contribution in [2.24, 2.45) is 5.73 Å². The molecule has 1 atom stereocenters. The van der Waals surface area contributed by atoms with Gasteiger partial charge < -0.3 is 15.3 Å². The second kappa shape index (κ2) is 5.53. The molecule has 0 spiro atoms. The van der Waals surface area contributed by atoms with Crippen LogP contribution in [0.1, 0.15) is 30.2 Å². The third-order valence-corrected chi connectivity index (χ3v) is 3.33. The number of nitrogens with two attached hydrogens (primary N) is 1. The number of carbonyl (C=O) groups excluding carboxylic acids is 1. The minimum Gasteiger partial charge on any atom is -0.508 e. The molecule has 1 fully saturated rings. The van der Waals surface area contributed by atoms with Crippen LogP contribution >= 0.6 is 0 Å². The molecule has 2 aromatic rings. The van der Waals surface area contributed by atoms with Gasteiger partial charge in [0.1, 0.15) is 5.75 Å². The second-order valence-corrected chi connectivity index (χ2v) is 5.19. The molecule has 21 heavy (non-hydrogen) atoms. The summed E-state index contributed by atoms with van der Waals surface area (Å²) in [6.45, 7) is 0. The predicted molar refractivity (Wildman–Crippen MR) is 74.7 cm³/mol. The SMILES string of the molecule is NC(Cc1ccc(O)cc1)C(=O)Nc1nnc(C2CC2)o1. The maximum atomic E-state index is 12.0. The Hall–Kier alpha value is -2.41. The van der Waals surface area contributed by atoms with Crippen molar-refractivity contribution >= 4 is 11.9 Å². The highest BCUT2D eigenvalue weighted by molar-refractivity contribution is 5.93. The van der Waals surface area contributed by atoms with E-state index in [4.69, 9.17) is 10.2 Å². The summed E-state index contributed by atoms with van der Waals surface area (Å²) in [5.74, 6) is 0.704. The first-order chi connectivity index (χ1) is 10.1. The molecule has 0 bridgehead atoms. The number of hydrogen-bond donors (Lipinski definition) is 3. The first kappa shape index (κ1) is 13.6. The lowest BCUT2D eigenvalue weighted by atomic mass is 10.1. The lowest BCUT2D eigenvalue weighted by molar-refractivity contribution is -0.117. The topological polar surface area (TPSA) is 114 Å². The molecule has 1 amide bonds. The minimum atomic E-state index is -0.731. The van der Waals surface area contributed by atoms with Gasteiger partial charge in [-0.25, -0.2) is 0 Å². The molecule has 1 aromatic heterocycles. The Labute approximate surface area is 121 Å². The van der Waals surface area contributed by atoms with Gasteiger partial charge in [-0.15, -0.1) is 5.10 Å². The third kappa shape index (κ3) is 3.38. The molecule has 7 heteroatoms. The lowest BCUT2D eigenvalue weighted by Crippen LogP contribution is -2.37. The van der Waals surface area contributed by atoms with Crippen LogP contribution in [0.5, 0.6) is 5.75 Å². The van der Waals surface area contributed by atoms with E-state index in [-0.39, 0.29) is 17.7 Å². The monoisotopic (exact) mass is 288 g/mol. The minimum absolute atomic E-state index is 0.0862. The maximum absolute atomic E-state index is 12.0. The summed E-state index contributed by atoms with van der Waals surface area (Å²) in [5, 5.41) is 19.4. The average molecular weight is 288 g/mol. The molecule has 1 aromatic carbocycles. The largest absolute Gasteiger partial charge is 0.508 e. The van der Waals surface area contributed by atoms with Gasteiger partial charge in [0.2, 0.25) is 11.8 Å². The van der Waals surface area contributed by atoms with E-state index < -0.39 is 6.04 Å². The molecule has 4 N–H and O–H groups in total. The lowest BCUT2D eigenvalue weighted by Gasteiger charge is -2.10. The maximum Gasteiger partial charge on any atom is 0.322 e. The third-order valence-electron chi connectivity index (χ3n) is 3.33. The Morgan fingerprint density at radius 3 is 2.76 bits per heavy atom. The molecule has 1 unspecified atom stereocenters. The molecule has 1 aliphatic rings. The summed E-state index contributed by atoms with van der Waals surface area (Å²) in [6.07, 6.45) is 2.46. The van der Waals surface area contributed by atoms with Crippen molar-refractivity contribution in [1.82, 2.24) is 10.2 Å². The average Bonchev–Trinajstić information content (AvgIpc) is 3.22. The fourth-order valence-corrected chi connectivity index (χ4v) is 1.96. The van der Waals surface area contributed by atoms with Gasteiger partial charge in [-0.3, -0.25) is 10.1 Å². The van der Waals surface area contributed by atoms with Crippen molar-refractivity contribution in [2.45, 2.75) is 31.2 Å². The molecule has 0 radical (unpaired) electrons. The zero-order valence-corrected chi connectivity index (χ0v) is 11.3. The van der Waals surface area contributed by atoms with Crippen molar-refractivity contribution < 1.29 is 14.3 Å². The van der Waals surface area contributed by atoms with Crippen LogP contribution in [0.2, 0.25) is 0 Å². The fraction of sp³-hybridized carbons (Fsp3) is 0.357. The van der Waals surface area contributed by atoms with Crippen molar-refractivity contribution in [1.29, 1.82) is 0 Å². The molecular formula is C14H16N4O3. The summed E-state index contributed by atoms with van der Waals surface area (Å²) >= 11 is 0. The van der Waals surface area contributed by atoms with Crippen molar-refractivity contribution in [3.63, 3.8) is 0 Å². The molecule has 0 aliphatic heterocycles. The number of hydrogen-bond acceptors (Lipinski definition) is 6. The van der Waals surface area contributed by atoms with Crippen LogP contribution in [0.4, 0.5) is 6.01 Å². The number of phenolic OH excluding ortho intramolecular Hbond substituents is 1. The van der Waals surface area contributed by atoms with Crippen molar-refractivity contribution in [2.75, 3.05) is 5.32 Å². The normalized spacial score (nSPS) is 15.7. The molecule has 1 saturated carbocycles. The quantitative estimate of drug-likeness (QED) is 0.760. The van der Waals surface area contributed by atoms with E-state index in [0.717, 1.165) is 18.4 Å². The number of aromatic hydroxyl groups is 1. The zero-order valence-electron chi connectivity index (χ0n) is 11.3. The first-order valence-electron chi connectivity index (χ1n) is 6.79. The molecule has 1 aliphatic carbocycles. The van der Waals surface area contributed by atoms with E-state index in [1.165, 1.54) is 0 Å². The van der Waals surface area contributed by atoms with E-state index in [9.17, 15) is 9.90 Å². The standard InChI is InChI=1S/C14H16N4O3/c15-11(7-8-1-5-10(19)6-2-8)12(20)16-14-18-17-13(21-14)9-3-4-9/h1-2,5-6,9,11,19H,3-4,7,15H2,(H,16,18,20). The van der Waals surface area contributed by atoms with Gasteiger partial charge in [-0.1, -0.05) is 17.2 Å². The number of phenols is 1. The Morgan fingerprint density at radius 2 is 2.10 bits per heavy atom. The van der Waals surface area contributed by atoms with Gasteiger partial charge in [-0.2, -0.15) is 0 Å². The Morgan fingerprint density at radius 1 is 1.38 bits per heavy atom. The zero-order chi connectivity index (χ0) is 14.8. The number of amides is 1. The molecule has 3 rings (SSSR count). The highest BCUT2D eigenvalue weighted by Crippen LogP contribution is 2.39. The summed E-state index contributed by atoms with van der Waals surface area (Å²) < 4.78 is 5.35. The number of rotatable bonds is 5. The number of anilines is 1. The van der Waals surface area contributed by atoms with Gasteiger partial charge in [0.25, 0.3) is 0 Å². The number of benzene rings is 1. The van der Waals surface area contributed by atoms with Crippen LogP contribution in [0.15, 0.2) is 28.7 Å². The van der Waals surface area contributed by atoms with Crippen LogP contribution in [-0.4, -0.2) is 27.3 Å². The van der Waals surface area contributed by atoms with Gasteiger partial charge in [0.15, 0.2) is 0 Å². The first-order valence-corrected chi connectivity index (χ1v) is 6.79. The Balaban J connectivity index is 1.57. The van der Waals surface area contributed by atoms with Crippen LogP contribution in [0.25, 0.3) is 0 Å². The molecule has 1 heterocycles. The number of nitrogens with one attached hydrogen (secondary N) is 1. The number of carbonyl (C=O) groups is 1. The second-order valence-electron chi connectivity index (χ2n) is 5.19. The van der Waals surface area contributed by atoms with Crippen LogP contribution in [0, 0.1) is 0 Å². The predicted octanol–water partition coefficient (Wildman–Crippen LogP) is 1.16. The highest BCUT2D eigenvalue weighted by Gasteiger charge is 2.29. The molecule has 0 saturated heterocycles.